The highest BCUT2D eigenvalue weighted by Gasteiger charge is 2.25. The quantitative estimate of drug-likeness (QED) is 0.647. The van der Waals surface area contributed by atoms with Gasteiger partial charge in [0, 0.05) is 18.4 Å². The van der Waals surface area contributed by atoms with E-state index in [1.54, 1.807) is 6.92 Å². The second-order valence-corrected chi connectivity index (χ2v) is 7.00. The van der Waals surface area contributed by atoms with Gasteiger partial charge in [0.15, 0.2) is 0 Å². The Hall–Kier alpha value is -0.130. The van der Waals surface area contributed by atoms with Crippen molar-refractivity contribution in [3.8, 4) is 0 Å². The highest BCUT2D eigenvalue weighted by atomic mass is 32.2. The molecule has 1 rings (SSSR count). The van der Waals surface area contributed by atoms with Crippen LogP contribution < -0.4 is 5.32 Å². The summed E-state index contributed by atoms with van der Waals surface area (Å²) in [5.41, 5.74) is 0. The van der Waals surface area contributed by atoms with E-state index in [-0.39, 0.29) is 18.1 Å². The van der Waals surface area contributed by atoms with Gasteiger partial charge < -0.3 is 10.4 Å². The third-order valence-electron chi connectivity index (χ3n) is 3.37. The molecule has 0 aromatic heterocycles. The number of hydrogen-bond acceptors (Lipinski definition) is 4. The molecule has 0 radical (unpaired) electrons. The van der Waals surface area contributed by atoms with Crippen molar-refractivity contribution in [2.45, 2.75) is 38.6 Å². The van der Waals surface area contributed by atoms with Gasteiger partial charge in [0.05, 0.1) is 5.75 Å². The SMILES string of the molecule is CCS(=O)(=O)CCCNC1CCCC1CO. The largest absolute Gasteiger partial charge is 0.396 e. The first-order valence-electron chi connectivity index (χ1n) is 6.13. The third kappa shape index (κ3) is 4.39. The summed E-state index contributed by atoms with van der Waals surface area (Å²) in [5.74, 6) is 0.866. The molecule has 0 saturated heterocycles. The molecule has 2 atom stereocenters. The normalized spacial score (nSPS) is 26.1. The van der Waals surface area contributed by atoms with Crippen molar-refractivity contribution in [3.63, 3.8) is 0 Å². The zero-order valence-electron chi connectivity index (χ0n) is 9.98. The average Bonchev–Trinajstić information content (AvgIpc) is 2.72. The van der Waals surface area contributed by atoms with Crippen LogP contribution in [0.1, 0.15) is 32.6 Å². The van der Waals surface area contributed by atoms with Crippen LogP contribution in [0.5, 0.6) is 0 Å². The number of aliphatic hydroxyl groups excluding tert-OH is 1. The predicted molar refractivity (Wildman–Crippen MR) is 65.2 cm³/mol. The Labute approximate surface area is 98.4 Å². The number of nitrogens with one attached hydrogen (secondary N) is 1. The van der Waals surface area contributed by atoms with Gasteiger partial charge in [0.2, 0.25) is 0 Å². The Morgan fingerprint density at radius 2 is 2.12 bits per heavy atom. The molecule has 1 fully saturated rings. The molecule has 96 valence electrons. The molecule has 1 aliphatic carbocycles. The van der Waals surface area contributed by atoms with Crippen LogP contribution in [0.25, 0.3) is 0 Å². The number of aliphatic hydroxyl groups is 1. The smallest absolute Gasteiger partial charge is 0.150 e. The zero-order valence-corrected chi connectivity index (χ0v) is 10.8. The second-order valence-electron chi connectivity index (χ2n) is 4.52. The number of rotatable bonds is 7. The van der Waals surface area contributed by atoms with E-state index in [1.807, 2.05) is 0 Å². The van der Waals surface area contributed by atoms with Crippen LogP contribution in [0.2, 0.25) is 0 Å². The van der Waals surface area contributed by atoms with E-state index < -0.39 is 9.84 Å². The minimum absolute atomic E-state index is 0.232. The van der Waals surface area contributed by atoms with E-state index in [0.717, 1.165) is 25.8 Å². The molecule has 0 heterocycles. The van der Waals surface area contributed by atoms with Gasteiger partial charge in [0.1, 0.15) is 9.84 Å². The molecule has 4 nitrogen and oxygen atoms in total. The predicted octanol–water partition coefficient (Wildman–Crippen LogP) is 0.562. The average molecular weight is 249 g/mol. The van der Waals surface area contributed by atoms with Crippen LogP contribution in [0.3, 0.4) is 0 Å². The summed E-state index contributed by atoms with van der Waals surface area (Å²) < 4.78 is 22.5. The summed E-state index contributed by atoms with van der Waals surface area (Å²) in [4.78, 5) is 0. The number of hydrogen-bond donors (Lipinski definition) is 2. The van der Waals surface area contributed by atoms with Crippen molar-refractivity contribution in [2.24, 2.45) is 5.92 Å². The summed E-state index contributed by atoms with van der Waals surface area (Å²) >= 11 is 0. The highest BCUT2D eigenvalue weighted by molar-refractivity contribution is 7.91. The monoisotopic (exact) mass is 249 g/mol. The van der Waals surface area contributed by atoms with Crippen molar-refractivity contribution in [1.82, 2.24) is 5.32 Å². The topological polar surface area (TPSA) is 66.4 Å². The van der Waals surface area contributed by atoms with Crippen LogP contribution in [-0.2, 0) is 9.84 Å². The Bertz CT molecular complexity index is 290. The minimum atomic E-state index is -2.82. The van der Waals surface area contributed by atoms with Crippen molar-refractivity contribution in [1.29, 1.82) is 0 Å². The third-order valence-corrected chi connectivity index (χ3v) is 5.16. The second kappa shape index (κ2) is 6.57. The fourth-order valence-corrected chi connectivity index (χ4v) is 3.12. The lowest BCUT2D eigenvalue weighted by molar-refractivity contribution is 0.206. The lowest BCUT2D eigenvalue weighted by Gasteiger charge is -2.18. The maximum atomic E-state index is 11.2. The molecule has 5 heteroatoms. The molecule has 0 bridgehead atoms. The van der Waals surface area contributed by atoms with E-state index >= 15 is 0 Å². The first kappa shape index (κ1) is 13.9. The minimum Gasteiger partial charge on any atom is -0.396 e. The van der Waals surface area contributed by atoms with Gasteiger partial charge in [-0.15, -0.1) is 0 Å². The highest BCUT2D eigenvalue weighted by Crippen LogP contribution is 2.24. The summed E-state index contributed by atoms with van der Waals surface area (Å²) in [5, 5.41) is 12.5. The lowest BCUT2D eigenvalue weighted by atomic mass is 10.1. The Morgan fingerprint density at radius 1 is 1.38 bits per heavy atom. The van der Waals surface area contributed by atoms with Crippen molar-refractivity contribution < 1.29 is 13.5 Å². The fourth-order valence-electron chi connectivity index (χ4n) is 2.25. The van der Waals surface area contributed by atoms with Crippen LogP contribution in [-0.4, -0.2) is 44.2 Å². The van der Waals surface area contributed by atoms with Crippen LogP contribution in [0.15, 0.2) is 0 Å². The van der Waals surface area contributed by atoms with E-state index in [4.69, 9.17) is 5.11 Å². The standard InChI is InChI=1S/C11H23NO3S/c1-2-16(14,15)8-4-7-12-11-6-3-5-10(11)9-13/h10-13H,2-9H2,1H3. The van der Waals surface area contributed by atoms with Gasteiger partial charge in [0.25, 0.3) is 0 Å². The molecule has 0 amide bonds. The van der Waals surface area contributed by atoms with Crippen LogP contribution in [0, 0.1) is 5.92 Å². The Balaban J connectivity index is 2.16. The van der Waals surface area contributed by atoms with Crippen molar-refractivity contribution >= 4 is 9.84 Å². The van der Waals surface area contributed by atoms with E-state index in [9.17, 15) is 8.42 Å². The van der Waals surface area contributed by atoms with Gasteiger partial charge in [-0.25, -0.2) is 8.42 Å². The molecule has 2 unspecified atom stereocenters. The Kier molecular flexibility index (Phi) is 5.72. The number of sulfone groups is 1. The zero-order chi connectivity index (χ0) is 12.0. The van der Waals surface area contributed by atoms with Gasteiger partial charge in [-0.2, -0.15) is 0 Å². The molecule has 2 N–H and O–H groups in total. The molecule has 0 aliphatic heterocycles. The molecule has 16 heavy (non-hydrogen) atoms. The molecular weight excluding hydrogens is 226 g/mol. The van der Waals surface area contributed by atoms with Crippen LogP contribution in [0.4, 0.5) is 0 Å². The van der Waals surface area contributed by atoms with E-state index in [0.29, 0.717) is 18.4 Å². The first-order chi connectivity index (χ1) is 7.59. The van der Waals surface area contributed by atoms with Gasteiger partial charge in [-0.3, -0.25) is 0 Å². The van der Waals surface area contributed by atoms with Crippen LogP contribution >= 0.6 is 0 Å². The maximum Gasteiger partial charge on any atom is 0.150 e. The maximum absolute atomic E-state index is 11.2. The van der Waals surface area contributed by atoms with Gasteiger partial charge in [-0.05, 0) is 31.7 Å². The lowest BCUT2D eigenvalue weighted by Crippen LogP contribution is -2.35. The van der Waals surface area contributed by atoms with Crippen molar-refractivity contribution in [2.75, 3.05) is 24.7 Å². The molecule has 0 aromatic carbocycles. The Morgan fingerprint density at radius 3 is 2.75 bits per heavy atom. The van der Waals surface area contributed by atoms with Gasteiger partial charge in [-0.1, -0.05) is 13.3 Å². The molecule has 1 saturated carbocycles. The first-order valence-corrected chi connectivity index (χ1v) is 7.96. The molecule has 0 spiro atoms. The summed E-state index contributed by atoms with van der Waals surface area (Å²) in [6.45, 7) is 2.66. The molecular formula is C11H23NO3S. The summed E-state index contributed by atoms with van der Waals surface area (Å²) in [7, 11) is -2.82. The summed E-state index contributed by atoms with van der Waals surface area (Å²) in [6.07, 6.45) is 4.02. The molecule has 1 aliphatic rings. The fraction of sp³-hybridized carbons (Fsp3) is 1.00. The van der Waals surface area contributed by atoms with E-state index in [1.165, 1.54) is 0 Å². The molecule has 0 aromatic rings. The van der Waals surface area contributed by atoms with E-state index in [2.05, 4.69) is 5.32 Å². The summed E-state index contributed by atoms with van der Waals surface area (Å²) in [6, 6.07) is 0.384. The van der Waals surface area contributed by atoms with Crippen molar-refractivity contribution in [3.05, 3.63) is 0 Å². The van der Waals surface area contributed by atoms with Gasteiger partial charge >= 0.3 is 0 Å².